The molecular formula is C14H12F2N4OS. The first-order chi connectivity index (χ1) is 10.7. The Hall–Kier alpha value is -2.35. The zero-order chi connectivity index (χ0) is 15.4. The minimum atomic E-state index is -2.52. The van der Waals surface area contributed by atoms with Crippen molar-refractivity contribution >= 4 is 27.4 Å². The minimum absolute atomic E-state index is 0.183. The first-order valence-corrected chi connectivity index (χ1v) is 7.38. The van der Waals surface area contributed by atoms with Crippen molar-refractivity contribution in [1.82, 2.24) is 15.0 Å². The number of pyridine rings is 1. The van der Waals surface area contributed by atoms with E-state index in [2.05, 4.69) is 20.3 Å². The number of anilines is 1. The van der Waals surface area contributed by atoms with Gasteiger partial charge >= 0.3 is 0 Å². The van der Waals surface area contributed by atoms with Crippen LogP contribution in [0.2, 0.25) is 0 Å². The second-order valence-corrected chi connectivity index (χ2v) is 5.31. The molecule has 5 nitrogen and oxygen atoms in total. The minimum Gasteiger partial charge on any atom is -0.472 e. The molecule has 0 aliphatic heterocycles. The Bertz CT molecular complexity index is 765. The average molecular weight is 322 g/mol. The van der Waals surface area contributed by atoms with Crippen molar-refractivity contribution in [3.05, 3.63) is 41.7 Å². The fraction of sp³-hybridized carbons (Fsp3) is 0.214. The first-order valence-electron chi connectivity index (χ1n) is 6.50. The Morgan fingerprint density at radius 1 is 1.23 bits per heavy atom. The summed E-state index contributed by atoms with van der Waals surface area (Å²) >= 11 is 1.54. The maximum atomic E-state index is 12.1. The molecule has 114 valence electrons. The van der Waals surface area contributed by atoms with Gasteiger partial charge in [0.15, 0.2) is 6.61 Å². The third-order valence-corrected chi connectivity index (χ3v) is 3.70. The van der Waals surface area contributed by atoms with E-state index in [1.54, 1.807) is 23.5 Å². The van der Waals surface area contributed by atoms with Crippen LogP contribution in [0.15, 0.2) is 36.1 Å². The lowest BCUT2D eigenvalue weighted by atomic mass is 10.2. The Labute approximate surface area is 129 Å². The summed E-state index contributed by atoms with van der Waals surface area (Å²) in [4.78, 5) is 13.2. The van der Waals surface area contributed by atoms with E-state index in [1.807, 2.05) is 11.4 Å². The zero-order valence-electron chi connectivity index (χ0n) is 11.4. The molecular weight excluding hydrogens is 310 g/mol. The quantitative estimate of drug-likeness (QED) is 0.754. The van der Waals surface area contributed by atoms with Crippen LogP contribution in [0.3, 0.4) is 0 Å². The van der Waals surface area contributed by atoms with E-state index in [1.165, 1.54) is 12.5 Å². The van der Waals surface area contributed by atoms with Crippen molar-refractivity contribution < 1.29 is 13.5 Å². The highest BCUT2D eigenvalue weighted by atomic mass is 32.1. The molecule has 0 saturated carbocycles. The van der Waals surface area contributed by atoms with Crippen LogP contribution in [0.5, 0.6) is 5.88 Å². The van der Waals surface area contributed by atoms with Gasteiger partial charge in [-0.05, 0) is 23.1 Å². The third kappa shape index (κ3) is 3.45. The van der Waals surface area contributed by atoms with Gasteiger partial charge in [0, 0.05) is 18.8 Å². The van der Waals surface area contributed by atoms with Crippen LogP contribution in [0.25, 0.3) is 10.2 Å². The van der Waals surface area contributed by atoms with Crippen LogP contribution in [-0.4, -0.2) is 28.0 Å². The lowest BCUT2D eigenvalue weighted by Gasteiger charge is -2.08. The molecule has 0 aliphatic carbocycles. The summed E-state index contributed by atoms with van der Waals surface area (Å²) in [6.07, 6.45) is 0.513. The summed E-state index contributed by atoms with van der Waals surface area (Å²) in [5.74, 6) is 0.918. The third-order valence-electron chi connectivity index (χ3n) is 2.88. The average Bonchev–Trinajstić information content (AvgIpc) is 3.00. The molecule has 3 aromatic rings. The molecule has 0 aromatic carbocycles. The number of alkyl halides is 2. The summed E-state index contributed by atoms with van der Waals surface area (Å²) in [6.45, 7) is -0.180. The Morgan fingerprint density at radius 2 is 2.14 bits per heavy atom. The molecule has 3 heterocycles. The van der Waals surface area contributed by atoms with Crippen molar-refractivity contribution in [2.45, 2.75) is 13.0 Å². The largest absolute Gasteiger partial charge is 0.472 e. The van der Waals surface area contributed by atoms with Crippen molar-refractivity contribution in [2.75, 3.05) is 11.9 Å². The number of ether oxygens (including phenoxy) is 1. The van der Waals surface area contributed by atoms with E-state index in [0.29, 0.717) is 6.54 Å². The van der Waals surface area contributed by atoms with Gasteiger partial charge in [0.2, 0.25) is 5.88 Å². The standard InChI is InChI=1S/C14H12F2N4OS/c15-11(16)7-21-12-5-9(1-3-17-12)6-18-13-10-2-4-22-14(10)20-8-19-13/h1-5,8,11H,6-7H2,(H,18,19,20). The molecule has 22 heavy (non-hydrogen) atoms. The van der Waals surface area contributed by atoms with Crippen LogP contribution in [-0.2, 0) is 6.54 Å². The van der Waals surface area contributed by atoms with Gasteiger partial charge in [-0.1, -0.05) is 0 Å². The number of nitrogens with zero attached hydrogens (tertiary/aromatic N) is 3. The monoisotopic (exact) mass is 322 g/mol. The Kier molecular flexibility index (Phi) is 4.38. The van der Waals surface area contributed by atoms with E-state index in [0.717, 1.165) is 21.6 Å². The van der Waals surface area contributed by atoms with Crippen molar-refractivity contribution in [2.24, 2.45) is 0 Å². The zero-order valence-corrected chi connectivity index (χ0v) is 12.2. The van der Waals surface area contributed by atoms with Crippen molar-refractivity contribution in [3.8, 4) is 5.88 Å². The molecule has 0 aliphatic rings. The molecule has 0 spiro atoms. The number of fused-ring (bicyclic) bond motifs is 1. The number of rotatable bonds is 6. The summed E-state index contributed by atoms with van der Waals surface area (Å²) in [7, 11) is 0. The second kappa shape index (κ2) is 6.61. The van der Waals surface area contributed by atoms with E-state index < -0.39 is 13.0 Å². The van der Waals surface area contributed by atoms with Gasteiger partial charge in [-0.25, -0.2) is 23.7 Å². The highest BCUT2D eigenvalue weighted by Gasteiger charge is 2.07. The lowest BCUT2D eigenvalue weighted by Crippen LogP contribution is -2.08. The highest BCUT2D eigenvalue weighted by molar-refractivity contribution is 7.16. The topological polar surface area (TPSA) is 59.9 Å². The van der Waals surface area contributed by atoms with Gasteiger partial charge in [0.05, 0.1) is 5.39 Å². The first kappa shape index (κ1) is 14.6. The van der Waals surface area contributed by atoms with Crippen molar-refractivity contribution in [1.29, 1.82) is 0 Å². The number of nitrogens with one attached hydrogen (secondary N) is 1. The van der Waals surface area contributed by atoms with Gasteiger partial charge < -0.3 is 10.1 Å². The van der Waals surface area contributed by atoms with E-state index in [-0.39, 0.29) is 5.88 Å². The smallest absolute Gasteiger partial charge is 0.272 e. The summed E-state index contributed by atoms with van der Waals surface area (Å²) < 4.78 is 29.2. The lowest BCUT2D eigenvalue weighted by molar-refractivity contribution is 0.0795. The van der Waals surface area contributed by atoms with Gasteiger partial charge in [-0.15, -0.1) is 11.3 Å². The van der Waals surface area contributed by atoms with E-state index >= 15 is 0 Å². The molecule has 8 heteroatoms. The molecule has 0 bridgehead atoms. The molecule has 0 atom stereocenters. The van der Waals surface area contributed by atoms with Crippen LogP contribution in [0.4, 0.5) is 14.6 Å². The SMILES string of the molecule is FC(F)COc1cc(CNc2ncnc3sccc23)ccn1. The Balaban J connectivity index is 1.68. The molecule has 0 fully saturated rings. The normalized spacial score (nSPS) is 11.0. The van der Waals surface area contributed by atoms with Gasteiger partial charge in [0.1, 0.15) is 17.0 Å². The van der Waals surface area contributed by atoms with Crippen molar-refractivity contribution in [3.63, 3.8) is 0 Å². The van der Waals surface area contributed by atoms with Gasteiger partial charge in [0.25, 0.3) is 6.43 Å². The van der Waals surface area contributed by atoms with Gasteiger partial charge in [-0.3, -0.25) is 0 Å². The predicted octanol–water partition coefficient (Wildman–Crippen LogP) is 3.34. The maximum Gasteiger partial charge on any atom is 0.272 e. The van der Waals surface area contributed by atoms with Crippen LogP contribution >= 0.6 is 11.3 Å². The highest BCUT2D eigenvalue weighted by Crippen LogP contribution is 2.24. The molecule has 3 aromatic heterocycles. The van der Waals surface area contributed by atoms with Crippen LogP contribution < -0.4 is 10.1 Å². The number of hydrogen-bond acceptors (Lipinski definition) is 6. The number of thiophene rings is 1. The molecule has 0 unspecified atom stereocenters. The molecule has 0 amide bonds. The molecule has 3 rings (SSSR count). The summed E-state index contributed by atoms with van der Waals surface area (Å²) in [5.41, 5.74) is 0.862. The summed E-state index contributed by atoms with van der Waals surface area (Å²) in [6, 6.07) is 5.36. The molecule has 0 radical (unpaired) electrons. The number of aromatic nitrogens is 3. The fourth-order valence-corrected chi connectivity index (χ4v) is 2.64. The number of hydrogen-bond donors (Lipinski definition) is 1. The van der Waals surface area contributed by atoms with Gasteiger partial charge in [-0.2, -0.15) is 0 Å². The van der Waals surface area contributed by atoms with Crippen LogP contribution in [0.1, 0.15) is 5.56 Å². The number of halogens is 2. The fourth-order valence-electron chi connectivity index (χ4n) is 1.90. The van der Waals surface area contributed by atoms with E-state index in [4.69, 9.17) is 4.74 Å². The van der Waals surface area contributed by atoms with E-state index in [9.17, 15) is 8.78 Å². The summed E-state index contributed by atoms with van der Waals surface area (Å²) in [5, 5.41) is 6.11. The second-order valence-electron chi connectivity index (χ2n) is 4.42. The Morgan fingerprint density at radius 3 is 3.00 bits per heavy atom. The molecule has 1 N–H and O–H groups in total. The maximum absolute atomic E-state index is 12.1. The molecule has 0 saturated heterocycles. The van der Waals surface area contributed by atoms with Crippen LogP contribution in [0, 0.1) is 0 Å². The predicted molar refractivity (Wildman–Crippen MR) is 80.5 cm³/mol.